The molecule has 0 aliphatic carbocycles. The average Bonchev–Trinajstić information content (AvgIpc) is 2.12. The summed E-state index contributed by atoms with van der Waals surface area (Å²) in [5, 5.41) is 5.89. The maximum atomic E-state index is 11.2. The highest BCUT2D eigenvalue weighted by molar-refractivity contribution is 5.77. The molecule has 0 radical (unpaired) electrons. The van der Waals surface area contributed by atoms with Gasteiger partial charge in [0, 0.05) is 20.3 Å². The van der Waals surface area contributed by atoms with Gasteiger partial charge in [0.25, 0.3) is 0 Å². The summed E-state index contributed by atoms with van der Waals surface area (Å²) in [4.78, 5) is 11.2. The van der Waals surface area contributed by atoms with E-state index in [-0.39, 0.29) is 5.91 Å². The lowest BCUT2D eigenvalue weighted by atomic mass is 10.2. The van der Waals surface area contributed by atoms with E-state index < -0.39 is 0 Å². The molecule has 4 heteroatoms. The van der Waals surface area contributed by atoms with E-state index in [0.717, 1.165) is 13.0 Å². The van der Waals surface area contributed by atoms with Crippen LogP contribution < -0.4 is 10.6 Å². The van der Waals surface area contributed by atoms with E-state index >= 15 is 0 Å². The number of rotatable bonds is 8. The number of hydrogen-bond donors (Lipinski definition) is 2. The normalized spacial score (nSPS) is 10.6. The first kappa shape index (κ1) is 13.4. The molecule has 4 nitrogen and oxygen atoms in total. The van der Waals surface area contributed by atoms with Gasteiger partial charge in [-0.15, -0.1) is 0 Å². The number of methoxy groups -OCH3 is 1. The van der Waals surface area contributed by atoms with Crippen molar-refractivity contribution < 1.29 is 9.53 Å². The molecule has 1 amide bonds. The molecule has 14 heavy (non-hydrogen) atoms. The number of amides is 1. The molecule has 0 saturated carbocycles. The van der Waals surface area contributed by atoms with Crippen molar-refractivity contribution in [2.45, 2.75) is 20.3 Å². The van der Waals surface area contributed by atoms with Crippen LogP contribution in [0.1, 0.15) is 20.3 Å². The van der Waals surface area contributed by atoms with E-state index in [1.807, 2.05) is 0 Å². The number of ether oxygens (including phenoxy) is 1. The van der Waals surface area contributed by atoms with Crippen LogP contribution >= 0.6 is 0 Å². The summed E-state index contributed by atoms with van der Waals surface area (Å²) in [6, 6.07) is 0. The number of nitrogens with one attached hydrogen (secondary N) is 2. The van der Waals surface area contributed by atoms with Crippen LogP contribution in [0.3, 0.4) is 0 Å². The van der Waals surface area contributed by atoms with E-state index in [1.165, 1.54) is 0 Å². The van der Waals surface area contributed by atoms with E-state index in [0.29, 0.717) is 25.6 Å². The molecule has 0 spiro atoms. The minimum Gasteiger partial charge on any atom is -0.385 e. The predicted molar refractivity (Wildman–Crippen MR) is 57.2 cm³/mol. The Bertz CT molecular complexity index is 149. The largest absolute Gasteiger partial charge is 0.385 e. The second kappa shape index (κ2) is 8.97. The standard InChI is InChI=1S/C10H22N2O2/c1-9(2)7-11-8-10(13)12-5-4-6-14-3/h9,11H,4-8H2,1-3H3,(H,12,13). The molecule has 0 aromatic rings. The van der Waals surface area contributed by atoms with Crippen LogP contribution in [0.4, 0.5) is 0 Å². The lowest BCUT2D eigenvalue weighted by Crippen LogP contribution is -2.36. The molecule has 0 bridgehead atoms. The molecule has 0 unspecified atom stereocenters. The maximum absolute atomic E-state index is 11.2. The number of carbonyl (C=O) groups is 1. The molecule has 0 fully saturated rings. The molecular formula is C10H22N2O2. The number of carbonyl (C=O) groups excluding carboxylic acids is 1. The second-order valence-corrected chi connectivity index (χ2v) is 3.72. The van der Waals surface area contributed by atoms with Gasteiger partial charge in [-0.1, -0.05) is 13.8 Å². The highest BCUT2D eigenvalue weighted by Crippen LogP contribution is 1.85. The smallest absolute Gasteiger partial charge is 0.233 e. The molecule has 0 heterocycles. The summed E-state index contributed by atoms with van der Waals surface area (Å²) in [5.74, 6) is 0.637. The van der Waals surface area contributed by atoms with Gasteiger partial charge >= 0.3 is 0 Å². The van der Waals surface area contributed by atoms with Gasteiger partial charge in [-0.25, -0.2) is 0 Å². The molecule has 0 saturated heterocycles. The van der Waals surface area contributed by atoms with Gasteiger partial charge in [0.2, 0.25) is 5.91 Å². The Balaban J connectivity index is 3.20. The summed E-state index contributed by atoms with van der Waals surface area (Å²) < 4.78 is 4.87. The SMILES string of the molecule is COCCCNC(=O)CNCC(C)C. The third kappa shape index (κ3) is 9.48. The number of hydrogen-bond acceptors (Lipinski definition) is 3. The van der Waals surface area contributed by atoms with Gasteiger partial charge in [0.15, 0.2) is 0 Å². The lowest BCUT2D eigenvalue weighted by Gasteiger charge is -2.07. The van der Waals surface area contributed by atoms with Crippen molar-refractivity contribution in [2.24, 2.45) is 5.92 Å². The van der Waals surface area contributed by atoms with Crippen molar-refractivity contribution in [3.63, 3.8) is 0 Å². The summed E-state index contributed by atoms with van der Waals surface area (Å²) in [5.41, 5.74) is 0. The van der Waals surface area contributed by atoms with Gasteiger partial charge in [-0.3, -0.25) is 4.79 Å². The van der Waals surface area contributed by atoms with E-state index in [2.05, 4.69) is 24.5 Å². The monoisotopic (exact) mass is 202 g/mol. The Labute approximate surface area is 86.4 Å². The molecular weight excluding hydrogens is 180 g/mol. The fourth-order valence-electron chi connectivity index (χ4n) is 0.981. The molecule has 84 valence electrons. The van der Waals surface area contributed by atoms with Gasteiger partial charge in [-0.2, -0.15) is 0 Å². The molecule has 0 atom stereocenters. The molecule has 0 rings (SSSR count). The van der Waals surface area contributed by atoms with Crippen molar-refractivity contribution in [1.29, 1.82) is 0 Å². The fourth-order valence-corrected chi connectivity index (χ4v) is 0.981. The Morgan fingerprint density at radius 3 is 2.71 bits per heavy atom. The molecule has 0 aliphatic heterocycles. The second-order valence-electron chi connectivity index (χ2n) is 3.72. The maximum Gasteiger partial charge on any atom is 0.233 e. The molecule has 0 aromatic heterocycles. The summed E-state index contributed by atoms with van der Waals surface area (Å²) in [6.07, 6.45) is 0.867. The van der Waals surface area contributed by atoms with Crippen LogP contribution in [0.2, 0.25) is 0 Å². The van der Waals surface area contributed by atoms with Crippen molar-refractivity contribution in [3.8, 4) is 0 Å². The fraction of sp³-hybridized carbons (Fsp3) is 0.900. The van der Waals surface area contributed by atoms with E-state index in [9.17, 15) is 4.79 Å². The van der Waals surface area contributed by atoms with Gasteiger partial charge in [-0.05, 0) is 18.9 Å². The highest BCUT2D eigenvalue weighted by Gasteiger charge is 1.99. The van der Waals surface area contributed by atoms with Crippen LogP contribution in [0.25, 0.3) is 0 Å². The van der Waals surface area contributed by atoms with E-state index in [1.54, 1.807) is 7.11 Å². The van der Waals surface area contributed by atoms with Gasteiger partial charge < -0.3 is 15.4 Å². The van der Waals surface area contributed by atoms with Crippen LogP contribution in [-0.4, -0.2) is 39.3 Å². The third-order valence-electron chi connectivity index (χ3n) is 1.69. The quantitative estimate of drug-likeness (QED) is 0.560. The van der Waals surface area contributed by atoms with Crippen molar-refractivity contribution in [1.82, 2.24) is 10.6 Å². The average molecular weight is 202 g/mol. The van der Waals surface area contributed by atoms with Gasteiger partial charge in [0.1, 0.15) is 0 Å². The van der Waals surface area contributed by atoms with Crippen LogP contribution in [0.5, 0.6) is 0 Å². The lowest BCUT2D eigenvalue weighted by molar-refractivity contribution is -0.120. The zero-order valence-electron chi connectivity index (χ0n) is 9.43. The minimum atomic E-state index is 0.0572. The van der Waals surface area contributed by atoms with Crippen molar-refractivity contribution in [2.75, 3.05) is 33.4 Å². The Morgan fingerprint density at radius 1 is 1.43 bits per heavy atom. The molecule has 2 N–H and O–H groups in total. The zero-order valence-corrected chi connectivity index (χ0v) is 9.43. The third-order valence-corrected chi connectivity index (χ3v) is 1.69. The van der Waals surface area contributed by atoms with Gasteiger partial charge in [0.05, 0.1) is 6.54 Å². The first-order valence-electron chi connectivity index (χ1n) is 5.13. The Kier molecular flexibility index (Phi) is 8.57. The summed E-state index contributed by atoms with van der Waals surface area (Å²) >= 11 is 0. The van der Waals surface area contributed by atoms with E-state index in [4.69, 9.17) is 4.74 Å². The molecule has 0 aromatic carbocycles. The topological polar surface area (TPSA) is 50.4 Å². The first-order chi connectivity index (χ1) is 6.66. The van der Waals surface area contributed by atoms with Crippen LogP contribution in [-0.2, 0) is 9.53 Å². The Hall–Kier alpha value is -0.610. The van der Waals surface area contributed by atoms with Crippen molar-refractivity contribution in [3.05, 3.63) is 0 Å². The summed E-state index contributed by atoms with van der Waals surface area (Å²) in [7, 11) is 1.66. The van der Waals surface area contributed by atoms with Crippen LogP contribution in [0.15, 0.2) is 0 Å². The zero-order chi connectivity index (χ0) is 10.8. The Morgan fingerprint density at radius 2 is 2.14 bits per heavy atom. The summed E-state index contributed by atoms with van der Waals surface area (Å²) in [6.45, 7) is 6.90. The molecule has 0 aliphatic rings. The van der Waals surface area contributed by atoms with Crippen molar-refractivity contribution >= 4 is 5.91 Å². The minimum absolute atomic E-state index is 0.0572. The van der Waals surface area contributed by atoms with Crippen LogP contribution in [0, 0.1) is 5.92 Å². The predicted octanol–water partition coefficient (Wildman–Crippen LogP) is 0.385. The first-order valence-corrected chi connectivity index (χ1v) is 5.13. The highest BCUT2D eigenvalue weighted by atomic mass is 16.5.